The summed E-state index contributed by atoms with van der Waals surface area (Å²) in [5, 5.41) is 6.59. The van der Waals surface area contributed by atoms with Crippen LogP contribution in [0.1, 0.15) is 22.3 Å². The summed E-state index contributed by atoms with van der Waals surface area (Å²) in [6.07, 6.45) is 2.04. The third-order valence-corrected chi connectivity index (χ3v) is 6.37. The topological polar surface area (TPSA) is 56.3 Å². The first-order valence-electron chi connectivity index (χ1n) is 10.7. The minimum Gasteiger partial charge on any atom is -0.365 e. The Labute approximate surface area is 188 Å². The van der Waals surface area contributed by atoms with Gasteiger partial charge in [0.25, 0.3) is 0 Å². The smallest absolute Gasteiger partial charge is 0.232 e. The molecule has 3 heterocycles. The quantitative estimate of drug-likeness (QED) is 0.617. The molecule has 0 aliphatic carbocycles. The number of aromatic nitrogens is 2. The Morgan fingerprint density at radius 1 is 0.806 bits per heavy atom. The molecule has 2 N–H and O–H groups in total. The fraction of sp³-hybridized carbons (Fsp3) is 0.292. The summed E-state index contributed by atoms with van der Waals surface area (Å²) >= 11 is 5.31. The van der Waals surface area contributed by atoms with Gasteiger partial charge in [-0.05, 0) is 47.3 Å². The first-order chi connectivity index (χ1) is 15.2. The average Bonchev–Trinajstić information content (AvgIpc) is 2.83. The van der Waals surface area contributed by atoms with E-state index >= 15 is 0 Å². The van der Waals surface area contributed by atoms with E-state index in [0.717, 1.165) is 50.7 Å². The van der Waals surface area contributed by atoms with E-state index in [2.05, 4.69) is 75.0 Å². The number of nitrogens with one attached hydrogen (secondary N) is 2. The molecule has 0 fully saturated rings. The molecule has 0 amide bonds. The molecule has 5 rings (SSSR count). The minimum atomic E-state index is 0.510. The molecule has 158 valence electrons. The molecule has 0 saturated heterocycles. The molecule has 0 unspecified atom stereocenters. The predicted molar refractivity (Wildman–Crippen MR) is 130 cm³/mol. The fourth-order valence-electron chi connectivity index (χ4n) is 4.35. The zero-order chi connectivity index (χ0) is 21.2. The van der Waals surface area contributed by atoms with Crippen molar-refractivity contribution in [3.63, 3.8) is 0 Å². The SMILES string of the molecule is CNC(=S)Nc1nc(N2CCc3ccccc3C2)cc(N2CCc3ccccc3C2)n1. The first kappa shape index (κ1) is 19.8. The second-order valence-corrected chi connectivity index (χ2v) is 8.40. The number of nitrogens with zero attached hydrogens (tertiary/aromatic N) is 4. The molecule has 1 aromatic heterocycles. The molecule has 31 heavy (non-hydrogen) atoms. The van der Waals surface area contributed by atoms with E-state index in [4.69, 9.17) is 22.2 Å². The number of hydrogen-bond donors (Lipinski definition) is 2. The van der Waals surface area contributed by atoms with E-state index in [1.807, 2.05) is 0 Å². The van der Waals surface area contributed by atoms with Crippen molar-refractivity contribution in [2.24, 2.45) is 0 Å². The Hall–Kier alpha value is -3.19. The largest absolute Gasteiger partial charge is 0.365 e. The van der Waals surface area contributed by atoms with Crippen LogP contribution in [0.5, 0.6) is 0 Å². The maximum absolute atomic E-state index is 5.31. The van der Waals surface area contributed by atoms with Gasteiger partial charge < -0.3 is 20.4 Å². The van der Waals surface area contributed by atoms with Crippen molar-refractivity contribution >= 4 is 34.9 Å². The Bertz CT molecular complexity index is 1040. The molecule has 0 saturated carbocycles. The number of thiocarbonyl (C=S) groups is 1. The van der Waals surface area contributed by atoms with Crippen LogP contribution in [0.2, 0.25) is 0 Å². The third kappa shape index (κ3) is 4.18. The van der Waals surface area contributed by atoms with Crippen molar-refractivity contribution in [1.82, 2.24) is 15.3 Å². The summed E-state index contributed by atoms with van der Waals surface area (Å²) in [5.74, 6) is 2.39. The second kappa shape index (κ2) is 8.51. The van der Waals surface area contributed by atoms with Gasteiger partial charge in [-0.2, -0.15) is 9.97 Å². The Kier molecular flexibility index (Phi) is 5.42. The maximum atomic E-state index is 5.31. The lowest BCUT2D eigenvalue weighted by Gasteiger charge is -2.33. The Morgan fingerprint density at radius 2 is 1.29 bits per heavy atom. The molecule has 0 bridgehead atoms. The number of hydrogen-bond acceptors (Lipinski definition) is 5. The highest BCUT2D eigenvalue weighted by atomic mass is 32.1. The normalized spacial score (nSPS) is 15.1. The van der Waals surface area contributed by atoms with Crippen molar-refractivity contribution in [2.75, 3.05) is 35.3 Å². The number of rotatable bonds is 3. The van der Waals surface area contributed by atoms with Crippen molar-refractivity contribution < 1.29 is 0 Å². The van der Waals surface area contributed by atoms with Crippen LogP contribution in [0, 0.1) is 0 Å². The van der Waals surface area contributed by atoms with Crippen molar-refractivity contribution in [2.45, 2.75) is 25.9 Å². The van der Waals surface area contributed by atoms with E-state index in [9.17, 15) is 0 Å². The highest BCUT2D eigenvalue weighted by Gasteiger charge is 2.22. The summed E-state index contributed by atoms with van der Waals surface area (Å²) < 4.78 is 0. The highest BCUT2D eigenvalue weighted by Crippen LogP contribution is 2.29. The maximum Gasteiger partial charge on any atom is 0.232 e. The van der Waals surface area contributed by atoms with Crippen LogP contribution in [0.15, 0.2) is 54.6 Å². The van der Waals surface area contributed by atoms with E-state index in [1.165, 1.54) is 22.3 Å². The molecule has 2 aliphatic heterocycles. The van der Waals surface area contributed by atoms with Crippen LogP contribution in [-0.4, -0.2) is 35.2 Å². The van der Waals surface area contributed by atoms with Crippen LogP contribution in [0.3, 0.4) is 0 Å². The molecular weight excluding hydrogens is 404 g/mol. The molecule has 2 aromatic carbocycles. The molecular formula is C24H26N6S. The zero-order valence-electron chi connectivity index (χ0n) is 17.6. The molecule has 2 aliphatic rings. The van der Waals surface area contributed by atoms with Gasteiger partial charge in [0.05, 0.1) is 0 Å². The summed E-state index contributed by atoms with van der Waals surface area (Å²) in [7, 11) is 1.79. The molecule has 0 spiro atoms. The van der Waals surface area contributed by atoms with Gasteiger partial charge in [0.2, 0.25) is 5.95 Å². The van der Waals surface area contributed by atoms with Gasteiger partial charge in [0, 0.05) is 39.3 Å². The van der Waals surface area contributed by atoms with Crippen LogP contribution in [0.4, 0.5) is 17.6 Å². The fourth-order valence-corrected chi connectivity index (χ4v) is 4.44. The number of anilines is 3. The first-order valence-corrected chi connectivity index (χ1v) is 11.1. The summed E-state index contributed by atoms with van der Waals surface area (Å²) in [5.41, 5.74) is 5.58. The van der Waals surface area contributed by atoms with Crippen molar-refractivity contribution in [3.05, 3.63) is 76.9 Å². The van der Waals surface area contributed by atoms with Gasteiger partial charge in [-0.3, -0.25) is 0 Å². The van der Waals surface area contributed by atoms with E-state index in [1.54, 1.807) is 7.05 Å². The minimum absolute atomic E-state index is 0.510. The van der Waals surface area contributed by atoms with Crippen molar-refractivity contribution in [1.29, 1.82) is 0 Å². The van der Waals surface area contributed by atoms with Crippen LogP contribution in [-0.2, 0) is 25.9 Å². The summed E-state index contributed by atoms with van der Waals surface area (Å²) in [4.78, 5) is 14.3. The van der Waals surface area contributed by atoms with Crippen LogP contribution >= 0.6 is 12.2 Å². The second-order valence-electron chi connectivity index (χ2n) is 7.99. The van der Waals surface area contributed by atoms with E-state index in [-0.39, 0.29) is 0 Å². The lowest BCUT2D eigenvalue weighted by molar-refractivity contribution is 0.706. The Balaban J connectivity index is 1.47. The van der Waals surface area contributed by atoms with Gasteiger partial charge in [0.1, 0.15) is 11.6 Å². The molecule has 3 aromatic rings. The molecule has 0 radical (unpaired) electrons. The highest BCUT2D eigenvalue weighted by molar-refractivity contribution is 7.80. The predicted octanol–water partition coefficient (Wildman–Crippen LogP) is 3.52. The van der Waals surface area contributed by atoms with Gasteiger partial charge in [-0.25, -0.2) is 0 Å². The Morgan fingerprint density at radius 3 is 1.77 bits per heavy atom. The molecule has 7 heteroatoms. The molecule has 0 atom stereocenters. The van der Waals surface area contributed by atoms with E-state index in [0.29, 0.717) is 11.1 Å². The van der Waals surface area contributed by atoms with Gasteiger partial charge >= 0.3 is 0 Å². The standard InChI is InChI=1S/C24H26N6S/c1-25-24(31)28-23-26-21(29-12-10-17-6-2-4-8-19(17)15-29)14-22(27-23)30-13-11-18-7-3-5-9-20(18)16-30/h2-9,14H,10-13,15-16H2,1H3,(H2,25,26,27,28,31). The van der Waals surface area contributed by atoms with Crippen LogP contribution in [0.25, 0.3) is 0 Å². The van der Waals surface area contributed by atoms with Crippen LogP contribution < -0.4 is 20.4 Å². The third-order valence-electron chi connectivity index (χ3n) is 6.06. The summed E-state index contributed by atoms with van der Waals surface area (Å²) in [6, 6.07) is 19.4. The van der Waals surface area contributed by atoms with Gasteiger partial charge in [0.15, 0.2) is 5.11 Å². The summed E-state index contributed by atoms with van der Waals surface area (Å²) in [6.45, 7) is 3.58. The lowest BCUT2D eigenvalue weighted by atomic mass is 9.99. The lowest BCUT2D eigenvalue weighted by Crippen LogP contribution is -2.34. The monoisotopic (exact) mass is 430 g/mol. The van der Waals surface area contributed by atoms with E-state index < -0.39 is 0 Å². The van der Waals surface area contributed by atoms with Gasteiger partial charge in [-0.1, -0.05) is 48.5 Å². The van der Waals surface area contributed by atoms with Crippen molar-refractivity contribution in [3.8, 4) is 0 Å². The van der Waals surface area contributed by atoms with Gasteiger partial charge in [-0.15, -0.1) is 0 Å². The number of benzene rings is 2. The number of fused-ring (bicyclic) bond motifs is 2. The molecule has 6 nitrogen and oxygen atoms in total. The zero-order valence-corrected chi connectivity index (χ0v) is 18.5. The average molecular weight is 431 g/mol.